The van der Waals surface area contributed by atoms with Gasteiger partial charge in [0.2, 0.25) is 11.8 Å². The molecule has 1 atom stereocenters. The van der Waals surface area contributed by atoms with Crippen LogP contribution in [0.3, 0.4) is 0 Å². The lowest BCUT2D eigenvalue weighted by atomic mass is 10.1. The Balaban J connectivity index is 1.58. The third-order valence-electron chi connectivity index (χ3n) is 4.16. The Bertz CT molecular complexity index is 764. The SMILES string of the molecule is CC(CCCN1C(=O)CCC1=O)Nc1ncnc2cc(Cl)ccc12. The van der Waals surface area contributed by atoms with Crippen LogP contribution in [0, 0.1) is 0 Å². The van der Waals surface area contributed by atoms with Crippen molar-refractivity contribution in [2.75, 3.05) is 11.9 Å². The number of benzene rings is 1. The number of fused-ring (bicyclic) bond motifs is 1. The summed E-state index contributed by atoms with van der Waals surface area (Å²) < 4.78 is 0. The molecular formula is C17H19ClN4O2. The average molecular weight is 347 g/mol. The molecular weight excluding hydrogens is 328 g/mol. The maximum Gasteiger partial charge on any atom is 0.229 e. The largest absolute Gasteiger partial charge is 0.367 e. The van der Waals surface area contributed by atoms with Crippen LogP contribution in [-0.4, -0.2) is 39.3 Å². The van der Waals surface area contributed by atoms with Gasteiger partial charge in [0.15, 0.2) is 0 Å². The predicted octanol–water partition coefficient (Wildman–Crippen LogP) is 3.01. The average Bonchev–Trinajstić information content (AvgIpc) is 2.86. The number of imide groups is 1. The van der Waals surface area contributed by atoms with Gasteiger partial charge < -0.3 is 5.32 Å². The van der Waals surface area contributed by atoms with Crippen LogP contribution in [0.4, 0.5) is 5.82 Å². The normalized spacial score (nSPS) is 16.0. The van der Waals surface area contributed by atoms with E-state index in [9.17, 15) is 9.59 Å². The highest BCUT2D eigenvalue weighted by atomic mass is 35.5. The van der Waals surface area contributed by atoms with Crippen LogP contribution in [0.25, 0.3) is 10.9 Å². The summed E-state index contributed by atoms with van der Waals surface area (Å²) in [6.45, 7) is 2.54. The summed E-state index contributed by atoms with van der Waals surface area (Å²) in [4.78, 5) is 33.1. The fraction of sp³-hybridized carbons (Fsp3) is 0.412. The maximum atomic E-state index is 11.6. The van der Waals surface area contributed by atoms with Crippen molar-refractivity contribution in [2.24, 2.45) is 0 Å². The van der Waals surface area contributed by atoms with Crippen LogP contribution in [0.2, 0.25) is 5.02 Å². The molecule has 126 valence electrons. The summed E-state index contributed by atoms with van der Waals surface area (Å²) in [5.41, 5.74) is 0.792. The summed E-state index contributed by atoms with van der Waals surface area (Å²) >= 11 is 5.99. The molecule has 1 N–H and O–H groups in total. The van der Waals surface area contributed by atoms with E-state index in [1.165, 1.54) is 11.2 Å². The molecule has 6 nitrogen and oxygen atoms in total. The number of nitrogens with one attached hydrogen (secondary N) is 1. The summed E-state index contributed by atoms with van der Waals surface area (Å²) in [7, 11) is 0. The molecule has 1 saturated heterocycles. The molecule has 0 saturated carbocycles. The number of likely N-dealkylation sites (tertiary alicyclic amines) is 1. The van der Waals surface area contributed by atoms with Crippen LogP contribution >= 0.6 is 11.6 Å². The summed E-state index contributed by atoms with van der Waals surface area (Å²) in [5, 5.41) is 4.92. The Morgan fingerprint density at radius 2 is 2.00 bits per heavy atom. The van der Waals surface area contributed by atoms with E-state index in [1.807, 2.05) is 12.1 Å². The first-order valence-corrected chi connectivity index (χ1v) is 8.42. The number of carbonyl (C=O) groups is 2. The number of hydrogen-bond acceptors (Lipinski definition) is 5. The van der Waals surface area contributed by atoms with E-state index in [2.05, 4.69) is 22.2 Å². The van der Waals surface area contributed by atoms with Crippen LogP contribution in [-0.2, 0) is 9.59 Å². The Labute approximate surface area is 145 Å². The van der Waals surface area contributed by atoms with Gasteiger partial charge in [0.05, 0.1) is 5.52 Å². The summed E-state index contributed by atoms with van der Waals surface area (Å²) in [6, 6.07) is 5.67. The fourth-order valence-corrected chi connectivity index (χ4v) is 3.04. The number of carbonyl (C=O) groups excluding carboxylic acids is 2. The van der Waals surface area contributed by atoms with Crippen molar-refractivity contribution < 1.29 is 9.59 Å². The van der Waals surface area contributed by atoms with Crippen LogP contribution < -0.4 is 5.32 Å². The van der Waals surface area contributed by atoms with Gasteiger partial charge in [-0.1, -0.05) is 11.6 Å². The monoisotopic (exact) mass is 346 g/mol. The van der Waals surface area contributed by atoms with Gasteiger partial charge in [-0.3, -0.25) is 14.5 Å². The number of anilines is 1. The van der Waals surface area contributed by atoms with E-state index < -0.39 is 0 Å². The van der Waals surface area contributed by atoms with Crippen molar-refractivity contribution in [1.29, 1.82) is 0 Å². The zero-order chi connectivity index (χ0) is 17.1. The molecule has 7 heteroatoms. The highest BCUT2D eigenvalue weighted by Crippen LogP contribution is 2.23. The van der Waals surface area contributed by atoms with E-state index >= 15 is 0 Å². The first-order valence-electron chi connectivity index (χ1n) is 8.04. The number of halogens is 1. The number of aromatic nitrogens is 2. The molecule has 1 aliphatic rings. The lowest BCUT2D eigenvalue weighted by Gasteiger charge is -2.18. The fourth-order valence-electron chi connectivity index (χ4n) is 2.88. The molecule has 3 rings (SSSR count). The zero-order valence-corrected chi connectivity index (χ0v) is 14.2. The van der Waals surface area contributed by atoms with Crippen molar-refractivity contribution in [2.45, 2.75) is 38.6 Å². The third kappa shape index (κ3) is 3.64. The number of hydrogen-bond donors (Lipinski definition) is 1. The minimum Gasteiger partial charge on any atom is -0.367 e. The maximum absolute atomic E-state index is 11.6. The second-order valence-electron chi connectivity index (χ2n) is 6.01. The Morgan fingerprint density at radius 3 is 2.75 bits per heavy atom. The molecule has 1 aliphatic heterocycles. The van der Waals surface area contributed by atoms with Gasteiger partial charge >= 0.3 is 0 Å². The molecule has 0 aliphatic carbocycles. The molecule has 2 heterocycles. The molecule has 0 bridgehead atoms. The van der Waals surface area contributed by atoms with E-state index in [-0.39, 0.29) is 17.9 Å². The molecule has 0 spiro atoms. The van der Waals surface area contributed by atoms with Crippen molar-refractivity contribution in [3.63, 3.8) is 0 Å². The zero-order valence-electron chi connectivity index (χ0n) is 13.5. The second-order valence-corrected chi connectivity index (χ2v) is 6.45. The highest BCUT2D eigenvalue weighted by Gasteiger charge is 2.28. The standard InChI is InChI=1S/C17H19ClN4O2/c1-11(3-2-8-22-15(23)6-7-16(22)24)21-17-13-5-4-12(18)9-14(13)19-10-20-17/h4-5,9-11H,2-3,6-8H2,1H3,(H,19,20,21). The number of nitrogens with zero attached hydrogens (tertiary/aromatic N) is 3. The minimum atomic E-state index is -0.0562. The summed E-state index contributed by atoms with van der Waals surface area (Å²) in [6.07, 6.45) is 3.80. The molecule has 1 aromatic heterocycles. The highest BCUT2D eigenvalue weighted by molar-refractivity contribution is 6.31. The van der Waals surface area contributed by atoms with Gasteiger partial charge in [-0.15, -0.1) is 0 Å². The molecule has 1 fully saturated rings. The Kier molecular flexibility index (Phi) is 4.94. The molecule has 2 amide bonds. The molecule has 1 aromatic carbocycles. The molecule has 0 radical (unpaired) electrons. The van der Waals surface area contributed by atoms with Crippen LogP contribution in [0.5, 0.6) is 0 Å². The van der Waals surface area contributed by atoms with Gasteiger partial charge in [-0.2, -0.15) is 0 Å². The second kappa shape index (κ2) is 7.13. The van der Waals surface area contributed by atoms with E-state index in [4.69, 9.17) is 11.6 Å². The number of rotatable bonds is 6. The van der Waals surface area contributed by atoms with Gasteiger partial charge in [-0.25, -0.2) is 9.97 Å². The molecule has 2 aromatic rings. The summed E-state index contributed by atoms with van der Waals surface area (Å²) in [5.74, 6) is 0.649. The van der Waals surface area contributed by atoms with Crippen LogP contribution in [0.15, 0.2) is 24.5 Å². The van der Waals surface area contributed by atoms with Crippen molar-refractivity contribution in [1.82, 2.24) is 14.9 Å². The van der Waals surface area contributed by atoms with E-state index in [0.717, 1.165) is 29.6 Å². The topological polar surface area (TPSA) is 75.2 Å². The predicted molar refractivity (Wildman–Crippen MR) is 92.8 cm³/mol. The lowest BCUT2D eigenvalue weighted by Crippen LogP contribution is -2.30. The van der Waals surface area contributed by atoms with Crippen molar-refractivity contribution in [3.05, 3.63) is 29.5 Å². The van der Waals surface area contributed by atoms with E-state index in [1.54, 1.807) is 6.07 Å². The van der Waals surface area contributed by atoms with Crippen molar-refractivity contribution in [3.8, 4) is 0 Å². The van der Waals surface area contributed by atoms with Crippen LogP contribution in [0.1, 0.15) is 32.6 Å². The molecule has 24 heavy (non-hydrogen) atoms. The third-order valence-corrected chi connectivity index (χ3v) is 4.39. The van der Waals surface area contributed by atoms with Gasteiger partial charge in [0.1, 0.15) is 12.1 Å². The first-order chi connectivity index (χ1) is 11.5. The van der Waals surface area contributed by atoms with Crippen molar-refractivity contribution >= 4 is 40.1 Å². The van der Waals surface area contributed by atoms with Gasteiger partial charge in [-0.05, 0) is 38.0 Å². The van der Waals surface area contributed by atoms with Gasteiger partial charge in [0.25, 0.3) is 0 Å². The quantitative estimate of drug-likeness (QED) is 0.814. The smallest absolute Gasteiger partial charge is 0.229 e. The van der Waals surface area contributed by atoms with E-state index in [0.29, 0.717) is 24.4 Å². The number of amides is 2. The lowest BCUT2D eigenvalue weighted by molar-refractivity contribution is -0.138. The van der Waals surface area contributed by atoms with Gasteiger partial charge in [0, 0.05) is 35.8 Å². The minimum absolute atomic E-state index is 0.0562. The Hall–Kier alpha value is -2.21. The Morgan fingerprint density at radius 1 is 1.25 bits per heavy atom. The molecule has 1 unspecified atom stereocenters. The first kappa shape index (κ1) is 16.6.